The maximum absolute atomic E-state index is 5.52. The van der Waals surface area contributed by atoms with Crippen LogP contribution in [0.1, 0.15) is 5.69 Å². The molecular formula is C11H14N6OS. The Kier molecular flexibility index (Phi) is 4.37. The van der Waals surface area contributed by atoms with Crippen molar-refractivity contribution in [1.29, 1.82) is 0 Å². The number of ether oxygens (including phenoxy) is 1. The Labute approximate surface area is 115 Å². The molecule has 0 spiro atoms. The lowest BCUT2D eigenvalue weighted by Gasteiger charge is -2.03. The van der Waals surface area contributed by atoms with Crippen molar-refractivity contribution in [1.82, 2.24) is 19.7 Å². The second kappa shape index (κ2) is 6.21. The molecule has 2 aromatic heterocycles. The molecule has 100 valence electrons. The molecule has 7 nitrogen and oxygen atoms in total. The van der Waals surface area contributed by atoms with Gasteiger partial charge < -0.3 is 15.8 Å². The second-order valence-electron chi connectivity index (χ2n) is 3.74. The molecule has 19 heavy (non-hydrogen) atoms. The van der Waals surface area contributed by atoms with Crippen LogP contribution in [0.4, 0.5) is 11.6 Å². The van der Waals surface area contributed by atoms with E-state index in [0.717, 1.165) is 5.69 Å². The van der Waals surface area contributed by atoms with Crippen LogP contribution in [0.3, 0.4) is 0 Å². The molecule has 2 rings (SSSR count). The standard InChI is InChI=1S/C11H14N6OS/c1-18-5-4-17-7-8(6-14-17)15-11-13-3-2-9(16-11)10(12)19/h2-3,6-7H,4-5H2,1H3,(H2,12,19)(H,13,15,16). The molecule has 8 heteroatoms. The molecule has 0 saturated carbocycles. The molecule has 0 saturated heterocycles. The van der Waals surface area contributed by atoms with Gasteiger partial charge in [0.05, 0.1) is 25.0 Å². The second-order valence-corrected chi connectivity index (χ2v) is 4.18. The molecule has 0 fully saturated rings. The molecule has 0 aliphatic heterocycles. The molecule has 0 amide bonds. The first-order chi connectivity index (χ1) is 9.19. The van der Waals surface area contributed by atoms with Crippen molar-refractivity contribution in [3.8, 4) is 0 Å². The summed E-state index contributed by atoms with van der Waals surface area (Å²) in [6, 6.07) is 1.66. The van der Waals surface area contributed by atoms with E-state index in [1.165, 1.54) is 0 Å². The smallest absolute Gasteiger partial charge is 0.227 e. The molecular weight excluding hydrogens is 264 g/mol. The van der Waals surface area contributed by atoms with Crippen LogP contribution >= 0.6 is 12.2 Å². The number of nitrogens with zero attached hydrogens (tertiary/aromatic N) is 4. The Morgan fingerprint density at radius 1 is 1.58 bits per heavy atom. The Balaban J connectivity index is 2.06. The van der Waals surface area contributed by atoms with Crippen molar-refractivity contribution < 1.29 is 4.74 Å². The van der Waals surface area contributed by atoms with E-state index in [4.69, 9.17) is 22.7 Å². The van der Waals surface area contributed by atoms with Gasteiger partial charge in [-0.25, -0.2) is 9.97 Å². The Morgan fingerprint density at radius 3 is 3.16 bits per heavy atom. The summed E-state index contributed by atoms with van der Waals surface area (Å²) in [7, 11) is 1.65. The molecule has 0 aliphatic rings. The van der Waals surface area contributed by atoms with Crippen molar-refractivity contribution in [2.24, 2.45) is 5.73 Å². The third-order valence-corrected chi connectivity index (χ3v) is 2.53. The highest BCUT2D eigenvalue weighted by Crippen LogP contribution is 2.11. The highest BCUT2D eigenvalue weighted by Gasteiger charge is 2.04. The van der Waals surface area contributed by atoms with Crippen molar-refractivity contribution in [2.75, 3.05) is 19.0 Å². The first-order valence-electron chi connectivity index (χ1n) is 5.60. The molecule has 2 aromatic rings. The first kappa shape index (κ1) is 13.4. The Hall–Kier alpha value is -2.06. The molecule has 0 radical (unpaired) electrons. The van der Waals surface area contributed by atoms with Crippen LogP contribution in [-0.2, 0) is 11.3 Å². The number of rotatable bonds is 6. The lowest BCUT2D eigenvalue weighted by molar-refractivity contribution is 0.183. The molecule has 0 bridgehead atoms. The van der Waals surface area contributed by atoms with Crippen LogP contribution < -0.4 is 11.1 Å². The number of thiocarbonyl (C=S) groups is 1. The van der Waals surface area contributed by atoms with Crippen LogP contribution in [0, 0.1) is 0 Å². The number of hydrogen-bond donors (Lipinski definition) is 2. The summed E-state index contributed by atoms with van der Waals surface area (Å²) in [5, 5.41) is 7.21. The maximum atomic E-state index is 5.52. The van der Waals surface area contributed by atoms with Crippen molar-refractivity contribution >= 4 is 28.8 Å². The highest BCUT2D eigenvalue weighted by atomic mass is 32.1. The Morgan fingerprint density at radius 2 is 2.42 bits per heavy atom. The van der Waals surface area contributed by atoms with E-state index in [1.807, 2.05) is 6.20 Å². The summed E-state index contributed by atoms with van der Waals surface area (Å²) in [6.45, 7) is 1.29. The minimum Gasteiger partial charge on any atom is -0.388 e. The van der Waals surface area contributed by atoms with E-state index in [-0.39, 0.29) is 4.99 Å². The zero-order valence-electron chi connectivity index (χ0n) is 10.4. The minimum absolute atomic E-state index is 0.237. The fourth-order valence-corrected chi connectivity index (χ4v) is 1.53. The quantitative estimate of drug-likeness (QED) is 0.751. The van der Waals surface area contributed by atoms with Crippen LogP contribution in [-0.4, -0.2) is 38.5 Å². The van der Waals surface area contributed by atoms with Gasteiger partial charge in [0, 0.05) is 19.5 Å². The minimum atomic E-state index is 0.237. The van der Waals surface area contributed by atoms with Gasteiger partial charge in [-0.05, 0) is 6.07 Å². The number of nitrogens with one attached hydrogen (secondary N) is 1. The first-order valence-corrected chi connectivity index (χ1v) is 6.01. The molecule has 2 heterocycles. The molecule has 0 aliphatic carbocycles. The van der Waals surface area contributed by atoms with Crippen molar-refractivity contribution in [3.63, 3.8) is 0 Å². The zero-order chi connectivity index (χ0) is 13.7. The number of nitrogens with two attached hydrogens (primary N) is 1. The van der Waals surface area contributed by atoms with Crippen molar-refractivity contribution in [2.45, 2.75) is 6.54 Å². The predicted octanol–water partition coefficient (Wildman–Crippen LogP) is 0.697. The largest absolute Gasteiger partial charge is 0.388 e. The average Bonchev–Trinajstić information content (AvgIpc) is 2.84. The molecule has 0 aromatic carbocycles. The third-order valence-electron chi connectivity index (χ3n) is 2.32. The topological polar surface area (TPSA) is 90.9 Å². The van der Waals surface area contributed by atoms with Gasteiger partial charge in [-0.15, -0.1) is 0 Å². The lowest BCUT2D eigenvalue weighted by Crippen LogP contribution is -2.12. The summed E-state index contributed by atoms with van der Waals surface area (Å²) in [6.07, 6.45) is 5.13. The summed E-state index contributed by atoms with van der Waals surface area (Å²) < 4.78 is 6.75. The van der Waals surface area contributed by atoms with Gasteiger partial charge in [0.25, 0.3) is 0 Å². The van der Waals surface area contributed by atoms with Gasteiger partial charge in [-0.3, -0.25) is 4.68 Å². The normalized spacial score (nSPS) is 10.4. The third kappa shape index (κ3) is 3.70. The van der Waals surface area contributed by atoms with Crippen LogP contribution in [0.15, 0.2) is 24.7 Å². The van der Waals surface area contributed by atoms with Gasteiger partial charge >= 0.3 is 0 Å². The van der Waals surface area contributed by atoms with E-state index >= 15 is 0 Å². The fourth-order valence-electron chi connectivity index (χ4n) is 1.42. The van der Waals surface area contributed by atoms with Gasteiger partial charge in [0.1, 0.15) is 10.7 Å². The number of hydrogen-bond acceptors (Lipinski definition) is 6. The van der Waals surface area contributed by atoms with E-state index in [2.05, 4.69) is 20.4 Å². The molecule has 0 atom stereocenters. The van der Waals surface area contributed by atoms with E-state index in [0.29, 0.717) is 24.8 Å². The summed E-state index contributed by atoms with van der Waals surface area (Å²) >= 11 is 4.87. The average molecular weight is 278 g/mol. The zero-order valence-corrected chi connectivity index (χ0v) is 11.2. The van der Waals surface area contributed by atoms with Crippen LogP contribution in [0.5, 0.6) is 0 Å². The van der Waals surface area contributed by atoms with Crippen LogP contribution in [0.2, 0.25) is 0 Å². The van der Waals surface area contributed by atoms with Gasteiger partial charge in [-0.2, -0.15) is 5.10 Å². The molecule has 0 unspecified atom stereocenters. The van der Waals surface area contributed by atoms with Gasteiger partial charge in [-0.1, -0.05) is 12.2 Å². The number of anilines is 2. The Bertz CT molecular complexity index is 570. The maximum Gasteiger partial charge on any atom is 0.227 e. The van der Waals surface area contributed by atoms with E-state index < -0.39 is 0 Å². The number of methoxy groups -OCH3 is 1. The SMILES string of the molecule is COCCn1cc(Nc2nccc(C(N)=S)n2)cn1. The predicted molar refractivity (Wildman–Crippen MR) is 75.3 cm³/mol. The number of aromatic nitrogens is 4. The van der Waals surface area contributed by atoms with E-state index in [1.54, 1.807) is 30.3 Å². The monoisotopic (exact) mass is 278 g/mol. The lowest BCUT2D eigenvalue weighted by atomic mass is 10.4. The van der Waals surface area contributed by atoms with Crippen molar-refractivity contribution in [3.05, 3.63) is 30.4 Å². The van der Waals surface area contributed by atoms with E-state index in [9.17, 15) is 0 Å². The van der Waals surface area contributed by atoms with Gasteiger partial charge in [0.15, 0.2) is 0 Å². The highest BCUT2D eigenvalue weighted by molar-refractivity contribution is 7.80. The molecule has 3 N–H and O–H groups in total. The summed E-state index contributed by atoms with van der Waals surface area (Å²) in [5.74, 6) is 0.427. The summed E-state index contributed by atoms with van der Waals surface area (Å²) in [4.78, 5) is 8.52. The summed E-state index contributed by atoms with van der Waals surface area (Å²) in [5.41, 5.74) is 6.83. The fraction of sp³-hybridized carbons (Fsp3) is 0.273. The van der Waals surface area contributed by atoms with Gasteiger partial charge in [0.2, 0.25) is 5.95 Å². The van der Waals surface area contributed by atoms with Crippen LogP contribution in [0.25, 0.3) is 0 Å².